The van der Waals surface area contributed by atoms with Crippen molar-refractivity contribution in [3.63, 3.8) is 0 Å². The Morgan fingerprint density at radius 1 is 1.23 bits per heavy atom. The van der Waals surface area contributed by atoms with Crippen LogP contribution in [-0.2, 0) is 13.6 Å². The van der Waals surface area contributed by atoms with E-state index in [1.165, 1.54) is 0 Å². The molecule has 1 amide bonds. The van der Waals surface area contributed by atoms with Gasteiger partial charge in [0.05, 0.1) is 12.2 Å². The Hall–Kier alpha value is -2.82. The largest absolute Gasteiger partial charge is 0.350 e. The van der Waals surface area contributed by atoms with Gasteiger partial charge in [0.1, 0.15) is 5.69 Å². The maximum absolute atomic E-state index is 12.2. The van der Waals surface area contributed by atoms with Gasteiger partial charge in [0, 0.05) is 24.0 Å². The lowest BCUT2D eigenvalue weighted by Crippen LogP contribution is -2.24. The van der Waals surface area contributed by atoms with Gasteiger partial charge in [-0.2, -0.15) is 5.10 Å². The van der Waals surface area contributed by atoms with Gasteiger partial charge in [0.25, 0.3) is 5.91 Å². The molecule has 0 aliphatic rings. The summed E-state index contributed by atoms with van der Waals surface area (Å²) >= 11 is 0. The summed E-state index contributed by atoms with van der Waals surface area (Å²) in [5, 5.41) is 9.89. The Morgan fingerprint density at radius 2 is 2.00 bits per heavy atom. The van der Waals surface area contributed by atoms with Crippen LogP contribution in [0.1, 0.15) is 21.9 Å². The minimum absolute atomic E-state index is 0.159. The number of nitrogens with zero attached hydrogens (tertiary/aromatic N) is 2. The molecule has 5 heteroatoms. The number of carbonyl (C=O) groups excluding carboxylic acids is 1. The molecule has 0 radical (unpaired) electrons. The van der Waals surface area contributed by atoms with Gasteiger partial charge in [0.15, 0.2) is 0 Å². The van der Waals surface area contributed by atoms with Gasteiger partial charge in [-0.3, -0.25) is 9.89 Å². The number of carbonyl (C=O) groups is 1. The number of benzene rings is 1. The molecule has 0 atom stereocenters. The van der Waals surface area contributed by atoms with Crippen LogP contribution in [0.2, 0.25) is 0 Å². The van der Waals surface area contributed by atoms with E-state index in [9.17, 15) is 4.79 Å². The molecule has 2 aromatic heterocycles. The van der Waals surface area contributed by atoms with Crippen molar-refractivity contribution in [3.05, 3.63) is 65.6 Å². The first-order valence-corrected chi connectivity index (χ1v) is 7.15. The normalized spacial score (nSPS) is 10.6. The first-order chi connectivity index (χ1) is 10.6. The van der Waals surface area contributed by atoms with Crippen molar-refractivity contribution < 1.29 is 4.79 Å². The monoisotopic (exact) mass is 294 g/mol. The Balaban J connectivity index is 1.68. The van der Waals surface area contributed by atoms with Crippen molar-refractivity contribution in [1.29, 1.82) is 0 Å². The number of hydrogen-bond acceptors (Lipinski definition) is 2. The lowest BCUT2D eigenvalue weighted by atomic mass is 10.1. The maximum atomic E-state index is 12.2. The first kappa shape index (κ1) is 14.1. The molecule has 0 aliphatic carbocycles. The number of rotatable bonds is 4. The molecule has 3 rings (SSSR count). The second-order valence-electron chi connectivity index (χ2n) is 5.24. The van der Waals surface area contributed by atoms with E-state index < -0.39 is 0 Å². The standard InChI is InChI=1S/C17H18N4O/c1-12-8-9-14(21(12)2)11-18-17(22)16-10-15(19-20-16)13-6-4-3-5-7-13/h3-10H,11H2,1-2H3,(H,18,22)(H,19,20). The van der Waals surface area contributed by atoms with Crippen LogP contribution in [0.15, 0.2) is 48.5 Å². The summed E-state index contributed by atoms with van der Waals surface area (Å²) in [4.78, 5) is 12.2. The van der Waals surface area contributed by atoms with Crippen LogP contribution in [0.25, 0.3) is 11.3 Å². The zero-order valence-electron chi connectivity index (χ0n) is 12.6. The van der Waals surface area contributed by atoms with E-state index in [2.05, 4.69) is 20.1 Å². The van der Waals surface area contributed by atoms with Crippen LogP contribution in [0, 0.1) is 6.92 Å². The molecule has 112 valence electrons. The highest BCUT2D eigenvalue weighted by Crippen LogP contribution is 2.16. The Labute approximate surface area is 129 Å². The molecule has 0 saturated heterocycles. The Kier molecular flexibility index (Phi) is 3.78. The molecule has 0 fully saturated rings. The van der Waals surface area contributed by atoms with Crippen molar-refractivity contribution in [3.8, 4) is 11.3 Å². The van der Waals surface area contributed by atoms with Gasteiger partial charge >= 0.3 is 0 Å². The zero-order chi connectivity index (χ0) is 15.5. The van der Waals surface area contributed by atoms with Crippen LogP contribution < -0.4 is 5.32 Å². The fourth-order valence-electron chi connectivity index (χ4n) is 2.31. The van der Waals surface area contributed by atoms with Crippen molar-refractivity contribution in [2.75, 3.05) is 0 Å². The highest BCUT2D eigenvalue weighted by atomic mass is 16.1. The lowest BCUT2D eigenvalue weighted by molar-refractivity contribution is 0.0945. The van der Waals surface area contributed by atoms with E-state index in [0.717, 1.165) is 22.6 Å². The van der Waals surface area contributed by atoms with Gasteiger partial charge in [-0.1, -0.05) is 30.3 Å². The van der Waals surface area contributed by atoms with Gasteiger partial charge in [-0.15, -0.1) is 0 Å². The number of aromatic amines is 1. The molecular weight excluding hydrogens is 276 g/mol. The lowest BCUT2D eigenvalue weighted by Gasteiger charge is -2.06. The van der Waals surface area contributed by atoms with Crippen LogP contribution in [0.4, 0.5) is 0 Å². The molecule has 0 saturated carbocycles. The van der Waals surface area contributed by atoms with E-state index in [4.69, 9.17) is 0 Å². The highest BCUT2D eigenvalue weighted by molar-refractivity contribution is 5.93. The van der Waals surface area contributed by atoms with E-state index in [1.807, 2.05) is 56.4 Å². The molecule has 0 bridgehead atoms. The SMILES string of the molecule is Cc1ccc(CNC(=O)c2cc(-c3ccccc3)n[nH]2)n1C. The summed E-state index contributed by atoms with van der Waals surface area (Å²) in [7, 11) is 1.99. The summed E-state index contributed by atoms with van der Waals surface area (Å²) in [6, 6.07) is 15.6. The topological polar surface area (TPSA) is 62.7 Å². The summed E-state index contributed by atoms with van der Waals surface area (Å²) in [5.41, 5.74) is 4.44. The predicted molar refractivity (Wildman–Crippen MR) is 85.3 cm³/mol. The average molecular weight is 294 g/mol. The van der Waals surface area contributed by atoms with Crippen LogP contribution in [-0.4, -0.2) is 20.7 Å². The number of nitrogens with one attached hydrogen (secondary N) is 2. The summed E-state index contributed by atoms with van der Waals surface area (Å²) < 4.78 is 2.06. The van der Waals surface area contributed by atoms with E-state index >= 15 is 0 Å². The molecule has 2 N–H and O–H groups in total. The molecular formula is C17H18N4O. The molecule has 1 aromatic carbocycles. The van der Waals surface area contributed by atoms with E-state index in [-0.39, 0.29) is 5.91 Å². The molecule has 0 unspecified atom stereocenters. The van der Waals surface area contributed by atoms with Crippen LogP contribution in [0.3, 0.4) is 0 Å². The minimum atomic E-state index is -0.159. The van der Waals surface area contributed by atoms with Crippen molar-refractivity contribution in [2.45, 2.75) is 13.5 Å². The van der Waals surface area contributed by atoms with E-state index in [0.29, 0.717) is 12.2 Å². The first-order valence-electron chi connectivity index (χ1n) is 7.15. The summed E-state index contributed by atoms with van der Waals surface area (Å²) in [5.74, 6) is -0.159. The summed E-state index contributed by atoms with van der Waals surface area (Å²) in [6.07, 6.45) is 0. The quantitative estimate of drug-likeness (QED) is 0.777. The fourth-order valence-corrected chi connectivity index (χ4v) is 2.31. The number of aryl methyl sites for hydroxylation is 1. The minimum Gasteiger partial charge on any atom is -0.350 e. The molecule has 0 aliphatic heterocycles. The second kappa shape index (κ2) is 5.89. The van der Waals surface area contributed by atoms with Gasteiger partial charge in [-0.25, -0.2) is 0 Å². The summed E-state index contributed by atoms with van der Waals surface area (Å²) in [6.45, 7) is 2.52. The number of aromatic nitrogens is 3. The average Bonchev–Trinajstić information content (AvgIpc) is 3.15. The Morgan fingerprint density at radius 3 is 2.68 bits per heavy atom. The number of amides is 1. The van der Waals surface area contributed by atoms with Gasteiger partial charge in [0.2, 0.25) is 0 Å². The van der Waals surface area contributed by atoms with Gasteiger partial charge < -0.3 is 9.88 Å². The third-order valence-corrected chi connectivity index (χ3v) is 3.80. The molecule has 2 heterocycles. The highest BCUT2D eigenvalue weighted by Gasteiger charge is 2.11. The fraction of sp³-hybridized carbons (Fsp3) is 0.176. The Bertz CT molecular complexity index is 786. The van der Waals surface area contributed by atoms with Crippen molar-refractivity contribution >= 4 is 5.91 Å². The van der Waals surface area contributed by atoms with Crippen molar-refractivity contribution in [2.24, 2.45) is 7.05 Å². The molecule has 3 aromatic rings. The van der Waals surface area contributed by atoms with Crippen LogP contribution >= 0.6 is 0 Å². The van der Waals surface area contributed by atoms with Crippen molar-refractivity contribution in [1.82, 2.24) is 20.1 Å². The third kappa shape index (κ3) is 2.79. The number of H-pyrrole nitrogens is 1. The second-order valence-corrected chi connectivity index (χ2v) is 5.24. The predicted octanol–water partition coefficient (Wildman–Crippen LogP) is 2.65. The molecule has 0 spiro atoms. The van der Waals surface area contributed by atoms with Crippen LogP contribution in [0.5, 0.6) is 0 Å². The molecule has 5 nitrogen and oxygen atoms in total. The maximum Gasteiger partial charge on any atom is 0.269 e. The zero-order valence-corrected chi connectivity index (χ0v) is 12.6. The van der Waals surface area contributed by atoms with Gasteiger partial charge in [-0.05, 0) is 25.1 Å². The molecule has 22 heavy (non-hydrogen) atoms. The third-order valence-electron chi connectivity index (χ3n) is 3.80. The number of hydrogen-bond donors (Lipinski definition) is 2. The smallest absolute Gasteiger partial charge is 0.269 e. The van der Waals surface area contributed by atoms with E-state index in [1.54, 1.807) is 6.07 Å².